The Morgan fingerprint density at radius 2 is 2.13 bits per heavy atom. The lowest BCUT2D eigenvalue weighted by molar-refractivity contribution is -0.121. The molecule has 0 bridgehead atoms. The van der Waals surface area contributed by atoms with Crippen LogP contribution in [0.25, 0.3) is 0 Å². The molecule has 0 aromatic carbocycles. The van der Waals surface area contributed by atoms with E-state index in [4.69, 9.17) is 5.73 Å². The Hall–Kier alpha value is -0.570. The second kappa shape index (κ2) is 5.50. The van der Waals surface area contributed by atoms with E-state index in [-0.39, 0.29) is 5.91 Å². The summed E-state index contributed by atoms with van der Waals surface area (Å²) in [7, 11) is 0. The van der Waals surface area contributed by atoms with Gasteiger partial charge in [0, 0.05) is 13.0 Å². The van der Waals surface area contributed by atoms with Crippen LogP contribution in [-0.4, -0.2) is 19.0 Å². The van der Waals surface area contributed by atoms with Gasteiger partial charge in [-0.25, -0.2) is 0 Å². The molecule has 0 saturated heterocycles. The lowest BCUT2D eigenvalue weighted by Gasteiger charge is -2.15. The van der Waals surface area contributed by atoms with Gasteiger partial charge in [-0.2, -0.15) is 0 Å². The summed E-state index contributed by atoms with van der Waals surface area (Å²) < 4.78 is 0. The molecule has 1 fully saturated rings. The molecule has 0 unspecified atom stereocenters. The lowest BCUT2D eigenvalue weighted by atomic mass is 10.0. The molecule has 1 aliphatic carbocycles. The van der Waals surface area contributed by atoms with E-state index < -0.39 is 0 Å². The molecule has 3 heteroatoms. The van der Waals surface area contributed by atoms with Gasteiger partial charge in [-0.3, -0.25) is 4.79 Å². The minimum Gasteiger partial charge on any atom is -0.356 e. The number of rotatable bonds is 7. The van der Waals surface area contributed by atoms with Gasteiger partial charge < -0.3 is 11.1 Å². The van der Waals surface area contributed by atoms with E-state index in [2.05, 4.69) is 19.2 Å². The van der Waals surface area contributed by atoms with Gasteiger partial charge in [0.05, 0.1) is 0 Å². The van der Waals surface area contributed by atoms with E-state index in [1.165, 1.54) is 12.8 Å². The van der Waals surface area contributed by atoms with Crippen LogP contribution in [0, 0.1) is 11.3 Å². The van der Waals surface area contributed by atoms with Crippen molar-refractivity contribution in [2.45, 2.75) is 46.0 Å². The van der Waals surface area contributed by atoms with Gasteiger partial charge in [0.15, 0.2) is 0 Å². The molecular weight excluding hydrogens is 188 g/mol. The number of carbonyl (C=O) groups is 1. The van der Waals surface area contributed by atoms with Gasteiger partial charge in [-0.1, -0.05) is 13.8 Å². The quantitative estimate of drug-likeness (QED) is 0.674. The molecule has 1 rings (SSSR count). The molecule has 0 atom stereocenters. The minimum absolute atomic E-state index is 0.201. The zero-order valence-corrected chi connectivity index (χ0v) is 10.0. The van der Waals surface area contributed by atoms with Gasteiger partial charge in [0.25, 0.3) is 0 Å². The van der Waals surface area contributed by atoms with Crippen molar-refractivity contribution in [3.8, 4) is 0 Å². The SMILES string of the molecule is CC(C)CCC(=O)NCC1(CCN)CC1. The van der Waals surface area contributed by atoms with E-state index in [0.29, 0.717) is 17.8 Å². The summed E-state index contributed by atoms with van der Waals surface area (Å²) in [6.07, 6.45) is 5.16. The van der Waals surface area contributed by atoms with Crippen LogP contribution in [0.5, 0.6) is 0 Å². The van der Waals surface area contributed by atoms with Crippen LogP contribution < -0.4 is 11.1 Å². The van der Waals surface area contributed by atoms with Crippen molar-refractivity contribution in [1.82, 2.24) is 5.32 Å². The summed E-state index contributed by atoms with van der Waals surface area (Å²) >= 11 is 0. The van der Waals surface area contributed by atoms with Crippen LogP contribution in [0.15, 0.2) is 0 Å². The maximum Gasteiger partial charge on any atom is 0.220 e. The smallest absolute Gasteiger partial charge is 0.220 e. The van der Waals surface area contributed by atoms with E-state index in [1.54, 1.807) is 0 Å². The summed E-state index contributed by atoms with van der Waals surface area (Å²) in [6.45, 7) is 5.86. The monoisotopic (exact) mass is 212 g/mol. The van der Waals surface area contributed by atoms with Crippen LogP contribution in [0.1, 0.15) is 46.0 Å². The Kier molecular flexibility index (Phi) is 4.58. The summed E-state index contributed by atoms with van der Waals surface area (Å²) in [5, 5.41) is 3.03. The normalized spacial score (nSPS) is 17.9. The first-order valence-corrected chi connectivity index (χ1v) is 6.05. The van der Waals surface area contributed by atoms with Gasteiger partial charge in [-0.15, -0.1) is 0 Å². The first-order valence-electron chi connectivity index (χ1n) is 6.05. The molecular formula is C12H24N2O. The topological polar surface area (TPSA) is 55.1 Å². The average molecular weight is 212 g/mol. The molecule has 3 nitrogen and oxygen atoms in total. The third-order valence-electron chi connectivity index (χ3n) is 3.24. The predicted octanol–water partition coefficient (Wildman–Crippen LogP) is 1.67. The maximum absolute atomic E-state index is 11.5. The van der Waals surface area contributed by atoms with Crippen LogP contribution in [-0.2, 0) is 4.79 Å². The minimum atomic E-state index is 0.201. The number of amides is 1. The second-order valence-corrected chi connectivity index (χ2v) is 5.25. The van der Waals surface area contributed by atoms with Gasteiger partial charge in [-0.05, 0) is 43.6 Å². The highest BCUT2D eigenvalue weighted by Gasteiger charge is 2.41. The van der Waals surface area contributed by atoms with Gasteiger partial charge >= 0.3 is 0 Å². The third kappa shape index (κ3) is 4.65. The molecule has 0 aromatic heterocycles. The molecule has 0 radical (unpaired) electrons. The van der Waals surface area contributed by atoms with Crippen molar-refractivity contribution in [2.75, 3.05) is 13.1 Å². The number of carbonyl (C=O) groups excluding carboxylic acids is 1. The molecule has 0 aliphatic heterocycles. The van der Waals surface area contributed by atoms with E-state index in [0.717, 1.165) is 25.9 Å². The molecule has 0 aromatic rings. The summed E-state index contributed by atoms with van der Waals surface area (Å²) in [5.74, 6) is 0.807. The Bertz CT molecular complexity index is 210. The Morgan fingerprint density at radius 1 is 1.47 bits per heavy atom. The summed E-state index contributed by atoms with van der Waals surface area (Å²) in [6, 6.07) is 0. The summed E-state index contributed by atoms with van der Waals surface area (Å²) in [5.41, 5.74) is 5.91. The Morgan fingerprint density at radius 3 is 2.60 bits per heavy atom. The molecule has 0 spiro atoms. The predicted molar refractivity (Wildman–Crippen MR) is 62.4 cm³/mol. The first kappa shape index (κ1) is 12.5. The molecule has 1 aliphatic rings. The van der Waals surface area contributed by atoms with Crippen molar-refractivity contribution in [3.63, 3.8) is 0 Å². The van der Waals surface area contributed by atoms with Crippen molar-refractivity contribution in [1.29, 1.82) is 0 Å². The van der Waals surface area contributed by atoms with Crippen molar-refractivity contribution in [3.05, 3.63) is 0 Å². The number of hydrogen-bond acceptors (Lipinski definition) is 2. The highest BCUT2D eigenvalue weighted by Crippen LogP contribution is 2.47. The molecule has 1 amide bonds. The third-order valence-corrected chi connectivity index (χ3v) is 3.24. The summed E-state index contributed by atoms with van der Waals surface area (Å²) in [4.78, 5) is 11.5. The number of nitrogens with two attached hydrogens (primary N) is 1. The van der Waals surface area contributed by atoms with Crippen LogP contribution in [0.4, 0.5) is 0 Å². The fraction of sp³-hybridized carbons (Fsp3) is 0.917. The van der Waals surface area contributed by atoms with Crippen molar-refractivity contribution < 1.29 is 4.79 Å². The van der Waals surface area contributed by atoms with Crippen LogP contribution in [0.2, 0.25) is 0 Å². The van der Waals surface area contributed by atoms with Crippen molar-refractivity contribution in [2.24, 2.45) is 17.1 Å². The van der Waals surface area contributed by atoms with Gasteiger partial charge in [0.2, 0.25) is 5.91 Å². The molecule has 3 N–H and O–H groups in total. The fourth-order valence-electron chi connectivity index (χ4n) is 1.79. The standard InChI is InChI=1S/C12H24N2O/c1-10(2)3-4-11(15)14-9-12(5-6-12)7-8-13/h10H,3-9,13H2,1-2H3,(H,14,15). The van der Waals surface area contributed by atoms with E-state index in [9.17, 15) is 4.79 Å². The first-order chi connectivity index (χ1) is 7.08. The second-order valence-electron chi connectivity index (χ2n) is 5.25. The Labute approximate surface area is 92.8 Å². The molecule has 88 valence electrons. The maximum atomic E-state index is 11.5. The fourth-order valence-corrected chi connectivity index (χ4v) is 1.79. The zero-order chi connectivity index (χ0) is 11.3. The lowest BCUT2D eigenvalue weighted by Crippen LogP contribution is -2.31. The molecule has 15 heavy (non-hydrogen) atoms. The van der Waals surface area contributed by atoms with Crippen LogP contribution in [0.3, 0.4) is 0 Å². The van der Waals surface area contributed by atoms with E-state index >= 15 is 0 Å². The van der Waals surface area contributed by atoms with Crippen LogP contribution >= 0.6 is 0 Å². The largest absolute Gasteiger partial charge is 0.356 e. The zero-order valence-electron chi connectivity index (χ0n) is 10.0. The highest BCUT2D eigenvalue weighted by molar-refractivity contribution is 5.75. The van der Waals surface area contributed by atoms with Gasteiger partial charge in [0.1, 0.15) is 0 Å². The average Bonchev–Trinajstić information content (AvgIpc) is 2.93. The Balaban J connectivity index is 2.11. The number of nitrogens with one attached hydrogen (secondary N) is 1. The highest BCUT2D eigenvalue weighted by atomic mass is 16.1. The molecule has 1 saturated carbocycles. The molecule has 0 heterocycles. The number of hydrogen-bond donors (Lipinski definition) is 2. The van der Waals surface area contributed by atoms with Crippen molar-refractivity contribution >= 4 is 5.91 Å². The van der Waals surface area contributed by atoms with E-state index in [1.807, 2.05) is 0 Å².